The highest BCUT2D eigenvalue weighted by atomic mass is 19.1. The van der Waals surface area contributed by atoms with E-state index in [1.54, 1.807) is 24.3 Å². The summed E-state index contributed by atoms with van der Waals surface area (Å²) in [5, 5.41) is 9.22. The van der Waals surface area contributed by atoms with Crippen LogP contribution in [-0.2, 0) is 4.74 Å². The fraction of sp³-hybridized carbons (Fsp3) is 0.240. The predicted molar refractivity (Wildman–Crippen MR) is 118 cm³/mol. The fourth-order valence-corrected chi connectivity index (χ4v) is 3.00. The van der Waals surface area contributed by atoms with Gasteiger partial charge in [0.15, 0.2) is 6.10 Å². The van der Waals surface area contributed by atoms with Crippen molar-refractivity contribution in [2.75, 3.05) is 19.8 Å². The third-order valence-electron chi connectivity index (χ3n) is 4.53. The Morgan fingerprint density at radius 3 is 2.58 bits per heavy atom. The van der Waals surface area contributed by atoms with Gasteiger partial charge in [-0.2, -0.15) is 0 Å². The Bertz CT molecular complexity index is 1020. The van der Waals surface area contributed by atoms with E-state index in [1.165, 1.54) is 12.1 Å². The molecule has 0 aliphatic heterocycles. The number of pyridine rings is 1. The third kappa shape index (κ3) is 6.30. The van der Waals surface area contributed by atoms with Gasteiger partial charge in [-0.05, 0) is 74.0 Å². The smallest absolute Gasteiger partial charge is 0.164 e. The number of hydrogen-bond acceptors (Lipinski definition) is 5. The molecular formula is C25H26FNO4. The molecule has 3 aromatic rings. The van der Waals surface area contributed by atoms with E-state index in [0.717, 1.165) is 16.8 Å². The minimum absolute atomic E-state index is 0.0358. The molecule has 0 fully saturated rings. The lowest BCUT2D eigenvalue weighted by atomic mass is 10.1. The molecule has 0 amide bonds. The van der Waals surface area contributed by atoms with Crippen LogP contribution in [0.25, 0.3) is 11.3 Å². The largest absolute Gasteiger partial charge is 0.509 e. The topological polar surface area (TPSA) is 60.8 Å². The highest BCUT2D eigenvalue weighted by Gasteiger charge is 2.17. The molecule has 0 bridgehead atoms. The van der Waals surface area contributed by atoms with Gasteiger partial charge in [-0.15, -0.1) is 0 Å². The Hall–Kier alpha value is -3.38. The summed E-state index contributed by atoms with van der Waals surface area (Å²) < 4.78 is 30.6. The molecule has 0 saturated carbocycles. The Labute approximate surface area is 181 Å². The summed E-state index contributed by atoms with van der Waals surface area (Å²) in [6, 6.07) is 17.3. The van der Waals surface area contributed by atoms with Gasteiger partial charge in [0.05, 0.1) is 18.0 Å². The monoisotopic (exact) mass is 423 g/mol. The van der Waals surface area contributed by atoms with Crippen LogP contribution in [0.2, 0.25) is 0 Å². The van der Waals surface area contributed by atoms with Crippen LogP contribution in [0.1, 0.15) is 24.3 Å². The van der Waals surface area contributed by atoms with E-state index in [4.69, 9.17) is 19.2 Å². The molecule has 0 aliphatic rings. The zero-order chi connectivity index (χ0) is 22.2. The lowest BCUT2D eigenvalue weighted by Crippen LogP contribution is -2.16. The average Bonchev–Trinajstić information content (AvgIpc) is 2.76. The highest BCUT2D eigenvalue weighted by molar-refractivity contribution is 5.59. The van der Waals surface area contributed by atoms with Gasteiger partial charge in [-0.1, -0.05) is 12.6 Å². The van der Waals surface area contributed by atoms with Crippen molar-refractivity contribution in [3.05, 3.63) is 90.1 Å². The van der Waals surface area contributed by atoms with Gasteiger partial charge < -0.3 is 19.3 Å². The molecule has 0 radical (unpaired) electrons. The lowest BCUT2D eigenvalue weighted by molar-refractivity contribution is 0.0540. The molecule has 0 unspecified atom stereocenters. The van der Waals surface area contributed by atoms with E-state index < -0.39 is 6.10 Å². The van der Waals surface area contributed by atoms with Crippen LogP contribution >= 0.6 is 0 Å². The second-order valence-corrected chi connectivity index (χ2v) is 7.00. The molecule has 31 heavy (non-hydrogen) atoms. The zero-order valence-electron chi connectivity index (χ0n) is 17.7. The van der Waals surface area contributed by atoms with E-state index in [2.05, 4.69) is 6.58 Å². The van der Waals surface area contributed by atoms with Crippen LogP contribution in [0.15, 0.2) is 73.0 Å². The number of aryl methyl sites for hydroxylation is 1. The summed E-state index contributed by atoms with van der Waals surface area (Å²) in [5.41, 5.74) is 3.12. The summed E-state index contributed by atoms with van der Waals surface area (Å²) in [5.74, 6) is 0.957. The number of benzene rings is 2. The Morgan fingerprint density at radius 2 is 1.90 bits per heavy atom. The van der Waals surface area contributed by atoms with Crippen molar-refractivity contribution < 1.29 is 23.7 Å². The number of nitrogens with zero attached hydrogens (tertiary/aromatic N) is 1. The number of aliphatic hydroxyl groups is 1. The average molecular weight is 423 g/mol. The quantitative estimate of drug-likeness (QED) is 0.418. The van der Waals surface area contributed by atoms with Gasteiger partial charge in [0.2, 0.25) is 0 Å². The highest BCUT2D eigenvalue weighted by Crippen LogP contribution is 2.28. The van der Waals surface area contributed by atoms with E-state index >= 15 is 0 Å². The standard InChI is InChI=1S/C25H26FNO4/c1-4-29-16-25(31-21-12-13-24(17(2)14-21)30-15-18(3)28)23-7-5-6-22(27-23)19-8-10-20(26)11-9-19/h5-14,25,28H,3-4,15-16H2,1-2H3/t25-/m0/s1. The second kappa shape index (κ2) is 10.6. The third-order valence-corrected chi connectivity index (χ3v) is 4.53. The molecule has 0 spiro atoms. The molecule has 2 aromatic carbocycles. The van der Waals surface area contributed by atoms with Crippen molar-refractivity contribution in [2.45, 2.75) is 20.0 Å². The first-order chi connectivity index (χ1) is 15.0. The van der Waals surface area contributed by atoms with Crippen molar-refractivity contribution in [2.24, 2.45) is 0 Å². The van der Waals surface area contributed by atoms with E-state index in [-0.39, 0.29) is 18.2 Å². The van der Waals surface area contributed by atoms with Crippen LogP contribution in [0.4, 0.5) is 4.39 Å². The minimum atomic E-state index is -0.427. The van der Waals surface area contributed by atoms with Gasteiger partial charge in [-0.25, -0.2) is 9.37 Å². The summed E-state index contributed by atoms with van der Waals surface area (Å²) in [4.78, 5) is 4.72. The van der Waals surface area contributed by atoms with Gasteiger partial charge in [0, 0.05) is 12.2 Å². The second-order valence-electron chi connectivity index (χ2n) is 7.00. The molecule has 3 rings (SSSR count). The molecule has 6 heteroatoms. The molecule has 1 heterocycles. The van der Waals surface area contributed by atoms with Crippen LogP contribution in [-0.4, -0.2) is 29.9 Å². The normalized spacial score (nSPS) is 11.7. The number of aliphatic hydroxyl groups excluding tert-OH is 1. The van der Waals surface area contributed by atoms with Crippen LogP contribution in [0, 0.1) is 12.7 Å². The van der Waals surface area contributed by atoms with E-state index in [0.29, 0.717) is 30.4 Å². The molecule has 1 aromatic heterocycles. The predicted octanol–water partition coefficient (Wildman–Crippen LogP) is 5.80. The van der Waals surface area contributed by atoms with Crippen LogP contribution in [0.3, 0.4) is 0 Å². The maximum absolute atomic E-state index is 13.3. The van der Waals surface area contributed by atoms with Crippen LogP contribution in [0.5, 0.6) is 11.5 Å². The summed E-state index contributed by atoms with van der Waals surface area (Å²) in [6.45, 7) is 8.15. The minimum Gasteiger partial charge on any atom is -0.509 e. The molecule has 162 valence electrons. The van der Waals surface area contributed by atoms with Gasteiger partial charge in [0.1, 0.15) is 29.7 Å². The summed E-state index contributed by atoms with van der Waals surface area (Å²) >= 11 is 0. The maximum atomic E-state index is 13.3. The maximum Gasteiger partial charge on any atom is 0.164 e. The number of halogens is 1. The van der Waals surface area contributed by atoms with Crippen LogP contribution < -0.4 is 9.47 Å². The van der Waals surface area contributed by atoms with E-state index in [9.17, 15) is 9.50 Å². The molecule has 1 N–H and O–H groups in total. The van der Waals surface area contributed by atoms with Gasteiger partial charge in [-0.3, -0.25) is 0 Å². The van der Waals surface area contributed by atoms with Crippen molar-refractivity contribution in [3.8, 4) is 22.8 Å². The van der Waals surface area contributed by atoms with E-state index in [1.807, 2.05) is 38.1 Å². The molecule has 1 atom stereocenters. The van der Waals surface area contributed by atoms with Gasteiger partial charge >= 0.3 is 0 Å². The van der Waals surface area contributed by atoms with Crippen molar-refractivity contribution >= 4 is 0 Å². The molecular weight excluding hydrogens is 397 g/mol. The Kier molecular flexibility index (Phi) is 7.62. The number of rotatable bonds is 10. The fourth-order valence-electron chi connectivity index (χ4n) is 3.00. The molecule has 0 saturated heterocycles. The first-order valence-corrected chi connectivity index (χ1v) is 10.0. The first kappa shape index (κ1) is 22.3. The van der Waals surface area contributed by atoms with Gasteiger partial charge in [0.25, 0.3) is 0 Å². The Morgan fingerprint density at radius 1 is 1.13 bits per heavy atom. The first-order valence-electron chi connectivity index (χ1n) is 10.0. The lowest BCUT2D eigenvalue weighted by Gasteiger charge is -2.20. The summed E-state index contributed by atoms with van der Waals surface area (Å²) in [7, 11) is 0. The van der Waals surface area contributed by atoms with Crippen molar-refractivity contribution in [1.29, 1.82) is 0 Å². The number of hydrogen-bond donors (Lipinski definition) is 1. The number of aromatic nitrogens is 1. The zero-order valence-corrected chi connectivity index (χ0v) is 17.7. The molecule has 0 aliphatic carbocycles. The number of ether oxygens (including phenoxy) is 3. The summed E-state index contributed by atoms with van der Waals surface area (Å²) in [6.07, 6.45) is -0.427. The molecule has 5 nitrogen and oxygen atoms in total. The van der Waals surface area contributed by atoms with Crippen molar-refractivity contribution in [1.82, 2.24) is 4.98 Å². The van der Waals surface area contributed by atoms with Crippen molar-refractivity contribution in [3.63, 3.8) is 0 Å². The Balaban J connectivity index is 1.82. The SMILES string of the molecule is C=C(O)COc1ccc(O[C@@H](COCC)c2cccc(-c3ccc(F)cc3)n2)cc1C.